The van der Waals surface area contributed by atoms with E-state index in [2.05, 4.69) is 0 Å². The minimum Gasteiger partial charge on any atom is -0.496 e. The van der Waals surface area contributed by atoms with Crippen LogP contribution in [0.3, 0.4) is 0 Å². The second-order valence-corrected chi connectivity index (χ2v) is 5.11. The molecule has 0 N–H and O–H groups in total. The van der Waals surface area contributed by atoms with Crippen molar-refractivity contribution in [2.75, 3.05) is 7.11 Å². The van der Waals surface area contributed by atoms with Gasteiger partial charge in [0.15, 0.2) is 0 Å². The number of ketones is 1. The van der Waals surface area contributed by atoms with Crippen LogP contribution in [0.15, 0.2) is 18.2 Å². The molecule has 0 bridgehead atoms. The van der Waals surface area contributed by atoms with Crippen LogP contribution in [0.5, 0.6) is 5.75 Å². The Morgan fingerprint density at radius 1 is 1.47 bits per heavy atom. The minimum absolute atomic E-state index is 0.287. The molecule has 1 fully saturated rings. The van der Waals surface area contributed by atoms with Crippen molar-refractivity contribution in [2.45, 2.75) is 32.1 Å². The van der Waals surface area contributed by atoms with Crippen molar-refractivity contribution < 1.29 is 9.53 Å². The van der Waals surface area contributed by atoms with Crippen molar-refractivity contribution in [3.05, 3.63) is 28.8 Å². The van der Waals surface area contributed by atoms with E-state index in [-0.39, 0.29) is 5.78 Å². The third-order valence-electron chi connectivity index (χ3n) is 3.37. The highest BCUT2D eigenvalue weighted by atomic mass is 35.5. The number of carbonyl (C=O) groups is 1. The zero-order valence-electron chi connectivity index (χ0n) is 10.0. The second-order valence-electron chi connectivity index (χ2n) is 4.67. The van der Waals surface area contributed by atoms with E-state index in [0.717, 1.165) is 11.3 Å². The summed E-state index contributed by atoms with van der Waals surface area (Å²) < 4.78 is 5.24. The highest BCUT2D eigenvalue weighted by molar-refractivity contribution is 6.30. The van der Waals surface area contributed by atoms with Crippen molar-refractivity contribution in [3.63, 3.8) is 0 Å². The fraction of sp³-hybridized carbons (Fsp3) is 0.500. The van der Waals surface area contributed by atoms with Crippen LogP contribution in [0.1, 0.15) is 31.2 Å². The van der Waals surface area contributed by atoms with Gasteiger partial charge in [-0.1, -0.05) is 30.9 Å². The molecule has 0 amide bonds. The van der Waals surface area contributed by atoms with E-state index in [4.69, 9.17) is 16.3 Å². The van der Waals surface area contributed by atoms with Gasteiger partial charge in [-0.3, -0.25) is 4.79 Å². The Hall–Kier alpha value is -1.02. The lowest BCUT2D eigenvalue weighted by Crippen LogP contribution is -2.17. The average molecular weight is 253 g/mol. The van der Waals surface area contributed by atoms with Gasteiger partial charge in [-0.2, -0.15) is 0 Å². The van der Waals surface area contributed by atoms with Gasteiger partial charge in [-0.05, 0) is 24.1 Å². The number of hydrogen-bond acceptors (Lipinski definition) is 2. The first-order valence-corrected chi connectivity index (χ1v) is 6.41. The van der Waals surface area contributed by atoms with E-state index in [1.807, 2.05) is 12.1 Å². The number of hydrogen-bond donors (Lipinski definition) is 0. The van der Waals surface area contributed by atoms with Crippen LogP contribution in [0, 0.1) is 5.92 Å². The van der Waals surface area contributed by atoms with Crippen molar-refractivity contribution in [1.82, 2.24) is 0 Å². The van der Waals surface area contributed by atoms with Crippen LogP contribution >= 0.6 is 11.6 Å². The SMILES string of the molecule is COc1ccc(Cl)cc1CC(=O)CC1CCC1. The molecule has 3 heteroatoms. The molecule has 2 nitrogen and oxygen atoms in total. The molecule has 0 atom stereocenters. The quantitative estimate of drug-likeness (QED) is 0.800. The average Bonchev–Trinajstić information content (AvgIpc) is 2.24. The van der Waals surface area contributed by atoms with E-state index >= 15 is 0 Å². The van der Waals surface area contributed by atoms with Gasteiger partial charge in [0.25, 0.3) is 0 Å². The Morgan fingerprint density at radius 2 is 2.24 bits per heavy atom. The lowest BCUT2D eigenvalue weighted by molar-refractivity contribution is -0.119. The summed E-state index contributed by atoms with van der Waals surface area (Å²) in [5.41, 5.74) is 0.893. The molecule has 0 spiro atoms. The van der Waals surface area contributed by atoms with Gasteiger partial charge < -0.3 is 4.74 Å². The highest BCUT2D eigenvalue weighted by Gasteiger charge is 2.21. The molecule has 0 aliphatic heterocycles. The van der Waals surface area contributed by atoms with Gasteiger partial charge in [0.05, 0.1) is 7.11 Å². The summed E-state index contributed by atoms with van der Waals surface area (Å²) in [4.78, 5) is 11.9. The Labute approximate surface area is 107 Å². The lowest BCUT2D eigenvalue weighted by Gasteiger charge is -2.24. The van der Waals surface area contributed by atoms with E-state index in [1.165, 1.54) is 19.3 Å². The Morgan fingerprint density at radius 3 is 2.82 bits per heavy atom. The largest absolute Gasteiger partial charge is 0.496 e. The standard InChI is InChI=1S/C14H17ClO2/c1-17-14-6-5-12(15)8-11(14)9-13(16)7-10-3-2-4-10/h5-6,8,10H,2-4,7,9H2,1H3. The smallest absolute Gasteiger partial charge is 0.137 e. The van der Waals surface area contributed by atoms with Gasteiger partial charge in [-0.25, -0.2) is 0 Å². The first-order valence-electron chi connectivity index (χ1n) is 6.03. The van der Waals surface area contributed by atoms with Gasteiger partial charge in [0.2, 0.25) is 0 Å². The number of benzene rings is 1. The predicted molar refractivity (Wildman–Crippen MR) is 68.7 cm³/mol. The molecular weight excluding hydrogens is 236 g/mol. The number of rotatable bonds is 5. The third-order valence-corrected chi connectivity index (χ3v) is 3.61. The summed E-state index contributed by atoms with van der Waals surface area (Å²) in [6.07, 6.45) is 4.82. The summed E-state index contributed by atoms with van der Waals surface area (Å²) in [6, 6.07) is 5.41. The van der Waals surface area contributed by atoms with Crippen molar-refractivity contribution >= 4 is 17.4 Å². The molecule has 0 unspecified atom stereocenters. The molecule has 1 aliphatic rings. The Kier molecular flexibility index (Phi) is 4.06. The molecule has 0 heterocycles. The highest BCUT2D eigenvalue weighted by Crippen LogP contribution is 2.31. The number of halogens is 1. The number of methoxy groups -OCH3 is 1. The first-order chi connectivity index (χ1) is 8.19. The third kappa shape index (κ3) is 3.22. The van der Waals surface area contributed by atoms with Gasteiger partial charge in [-0.15, -0.1) is 0 Å². The maximum Gasteiger partial charge on any atom is 0.137 e. The van der Waals surface area contributed by atoms with Gasteiger partial charge in [0.1, 0.15) is 11.5 Å². The summed E-state index contributed by atoms with van der Waals surface area (Å²) in [7, 11) is 1.61. The molecule has 1 aromatic carbocycles. The number of ether oxygens (including phenoxy) is 1. The Balaban J connectivity index is 2.00. The van der Waals surface area contributed by atoms with Crippen LogP contribution in [-0.4, -0.2) is 12.9 Å². The molecule has 1 aliphatic carbocycles. The summed E-state index contributed by atoms with van der Waals surface area (Å²) >= 11 is 5.93. The number of Topliss-reactive ketones (excluding diaryl/α,β-unsaturated/α-hetero) is 1. The zero-order chi connectivity index (χ0) is 12.3. The topological polar surface area (TPSA) is 26.3 Å². The maximum atomic E-state index is 11.9. The summed E-state index contributed by atoms with van der Waals surface area (Å²) in [5.74, 6) is 1.65. The van der Waals surface area contributed by atoms with Crippen LogP contribution in [0.25, 0.3) is 0 Å². The molecule has 2 rings (SSSR count). The normalized spacial score (nSPS) is 15.4. The second kappa shape index (κ2) is 5.54. The fourth-order valence-electron chi connectivity index (χ4n) is 2.19. The zero-order valence-corrected chi connectivity index (χ0v) is 10.8. The predicted octanol–water partition coefficient (Wildman–Crippen LogP) is 3.65. The van der Waals surface area contributed by atoms with Crippen LogP contribution in [0.4, 0.5) is 0 Å². The van der Waals surface area contributed by atoms with Gasteiger partial charge in [0, 0.05) is 23.4 Å². The summed E-state index contributed by atoms with van der Waals surface area (Å²) in [5, 5.41) is 0.650. The first kappa shape index (κ1) is 12.4. The van der Waals surface area contributed by atoms with Crippen LogP contribution in [0.2, 0.25) is 5.02 Å². The van der Waals surface area contributed by atoms with Crippen LogP contribution in [-0.2, 0) is 11.2 Å². The van der Waals surface area contributed by atoms with E-state index in [9.17, 15) is 4.79 Å². The molecule has 17 heavy (non-hydrogen) atoms. The Bertz CT molecular complexity index is 411. The van der Waals surface area contributed by atoms with Gasteiger partial charge >= 0.3 is 0 Å². The van der Waals surface area contributed by atoms with Crippen molar-refractivity contribution in [3.8, 4) is 5.75 Å². The molecule has 0 aromatic heterocycles. The molecular formula is C14H17ClO2. The molecule has 0 saturated heterocycles. The molecule has 1 aromatic rings. The summed E-state index contributed by atoms with van der Waals surface area (Å²) in [6.45, 7) is 0. The van der Waals surface area contributed by atoms with Crippen LogP contribution < -0.4 is 4.74 Å². The monoisotopic (exact) mass is 252 g/mol. The minimum atomic E-state index is 0.287. The fourth-order valence-corrected chi connectivity index (χ4v) is 2.38. The van der Waals surface area contributed by atoms with Crippen molar-refractivity contribution in [1.29, 1.82) is 0 Å². The molecule has 92 valence electrons. The molecule has 1 saturated carbocycles. The van der Waals surface area contributed by atoms with E-state index in [1.54, 1.807) is 13.2 Å². The maximum absolute atomic E-state index is 11.9. The van der Waals surface area contributed by atoms with E-state index in [0.29, 0.717) is 23.8 Å². The van der Waals surface area contributed by atoms with Crippen molar-refractivity contribution in [2.24, 2.45) is 5.92 Å². The lowest BCUT2D eigenvalue weighted by atomic mass is 9.81. The number of carbonyl (C=O) groups excluding carboxylic acids is 1. The molecule has 0 radical (unpaired) electrons. The van der Waals surface area contributed by atoms with E-state index < -0.39 is 0 Å².